The summed E-state index contributed by atoms with van der Waals surface area (Å²) in [6.45, 7) is 5.64. The first-order valence-corrected chi connectivity index (χ1v) is 12.6. The van der Waals surface area contributed by atoms with Gasteiger partial charge >= 0.3 is 5.97 Å². The van der Waals surface area contributed by atoms with Gasteiger partial charge in [0.2, 0.25) is 5.91 Å². The number of carbonyl (C=O) groups excluding carboxylic acids is 2. The number of benzene rings is 1. The van der Waals surface area contributed by atoms with E-state index in [-0.39, 0.29) is 11.9 Å². The van der Waals surface area contributed by atoms with Gasteiger partial charge in [0.25, 0.3) is 0 Å². The van der Waals surface area contributed by atoms with E-state index in [0.29, 0.717) is 23.7 Å². The smallest absolute Gasteiger partial charge is 0.341 e. The van der Waals surface area contributed by atoms with Gasteiger partial charge in [-0.05, 0) is 50.3 Å². The van der Waals surface area contributed by atoms with Gasteiger partial charge in [0.15, 0.2) is 0 Å². The molecule has 2 aromatic rings. The molecule has 8 heteroatoms. The molecule has 2 aliphatic rings. The van der Waals surface area contributed by atoms with E-state index in [2.05, 4.69) is 15.1 Å². The van der Waals surface area contributed by atoms with E-state index in [1.165, 1.54) is 11.3 Å². The first-order valence-electron chi connectivity index (χ1n) is 11.4. The standard InChI is InChI=1S/C24H30ClN3O3S/c1-2-31-24(30)22-17-8-4-3-5-11-20(17)32-23(22)26-21(29)16-27-12-14-28(15-13-27)19-10-7-6-9-18(19)25/h6-7,9-10H,2-5,8,11-16H2,1H3,(H,26,29). The number of hydrogen-bond acceptors (Lipinski definition) is 6. The quantitative estimate of drug-likeness (QED) is 0.488. The van der Waals surface area contributed by atoms with Gasteiger partial charge < -0.3 is 15.0 Å². The minimum absolute atomic E-state index is 0.0850. The number of rotatable bonds is 6. The lowest BCUT2D eigenvalue weighted by Gasteiger charge is -2.36. The summed E-state index contributed by atoms with van der Waals surface area (Å²) in [5.41, 5.74) is 2.69. The third-order valence-electron chi connectivity index (χ3n) is 6.09. The van der Waals surface area contributed by atoms with Gasteiger partial charge in [0.05, 0.1) is 29.4 Å². The fourth-order valence-electron chi connectivity index (χ4n) is 4.47. The molecule has 0 spiro atoms. The average molecular weight is 476 g/mol. The molecule has 0 saturated carbocycles. The average Bonchev–Trinajstić information content (AvgIpc) is 2.95. The van der Waals surface area contributed by atoms with Gasteiger partial charge in [-0.3, -0.25) is 9.69 Å². The fourth-order valence-corrected chi connectivity index (χ4v) is 6.02. The molecule has 0 bridgehead atoms. The topological polar surface area (TPSA) is 61.9 Å². The van der Waals surface area contributed by atoms with Gasteiger partial charge in [-0.15, -0.1) is 11.3 Å². The lowest BCUT2D eigenvalue weighted by molar-refractivity contribution is -0.117. The van der Waals surface area contributed by atoms with Gasteiger partial charge in [-0.2, -0.15) is 0 Å². The summed E-state index contributed by atoms with van der Waals surface area (Å²) in [7, 11) is 0. The summed E-state index contributed by atoms with van der Waals surface area (Å²) < 4.78 is 5.32. The summed E-state index contributed by atoms with van der Waals surface area (Å²) in [6, 6.07) is 7.86. The molecule has 1 amide bonds. The molecule has 1 aliphatic heterocycles. The van der Waals surface area contributed by atoms with E-state index in [1.807, 2.05) is 31.2 Å². The van der Waals surface area contributed by atoms with E-state index in [1.54, 1.807) is 11.3 Å². The number of fused-ring (bicyclic) bond motifs is 1. The van der Waals surface area contributed by atoms with E-state index in [9.17, 15) is 9.59 Å². The normalized spacial score (nSPS) is 16.9. The second-order valence-electron chi connectivity index (χ2n) is 8.25. The maximum atomic E-state index is 12.9. The van der Waals surface area contributed by atoms with E-state index >= 15 is 0 Å². The molecular formula is C24H30ClN3O3S. The number of para-hydroxylation sites is 1. The highest BCUT2D eigenvalue weighted by Crippen LogP contribution is 2.38. The number of amides is 1. The zero-order chi connectivity index (χ0) is 22.5. The number of ether oxygens (including phenoxy) is 1. The van der Waals surface area contributed by atoms with Crippen LogP contribution in [0.4, 0.5) is 10.7 Å². The zero-order valence-corrected chi connectivity index (χ0v) is 20.1. The highest BCUT2D eigenvalue weighted by atomic mass is 35.5. The number of anilines is 2. The zero-order valence-electron chi connectivity index (χ0n) is 18.5. The number of esters is 1. The van der Waals surface area contributed by atoms with Crippen molar-refractivity contribution in [3.63, 3.8) is 0 Å². The molecule has 172 valence electrons. The van der Waals surface area contributed by atoms with Crippen molar-refractivity contribution in [2.75, 3.05) is 49.5 Å². The van der Waals surface area contributed by atoms with E-state index in [4.69, 9.17) is 16.3 Å². The Bertz CT molecular complexity index is 969. The molecule has 4 rings (SSSR count). The van der Waals surface area contributed by atoms with Crippen molar-refractivity contribution in [2.45, 2.75) is 39.0 Å². The Morgan fingerprint density at radius 2 is 1.84 bits per heavy atom. The molecule has 2 heterocycles. The van der Waals surface area contributed by atoms with Gasteiger partial charge in [-0.1, -0.05) is 30.2 Å². The number of aryl methyl sites for hydroxylation is 1. The monoisotopic (exact) mass is 475 g/mol. The van der Waals surface area contributed by atoms with E-state index in [0.717, 1.165) is 68.1 Å². The largest absolute Gasteiger partial charge is 0.462 e. The van der Waals surface area contributed by atoms with Crippen molar-refractivity contribution in [3.8, 4) is 0 Å². The van der Waals surface area contributed by atoms with Gasteiger partial charge in [0, 0.05) is 31.1 Å². The molecular weight excluding hydrogens is 446 g/mol. The number of halogens is 1. The van der Waals surface area contributed by atoms with Crippen molar-refractivity contribution < 1.29 is 14.3 Å². The lowest BCUT2D eigenvalue weighted by Crippen LogP contribution is -2.48. The Balaban J connectivity index is 1.39. The van der Waals surface area contributed by atoms with Crippen molar-refractivity contribution >= 4 is 45.5 Å². The van der Waals surface area contributed by atoms with Crippen LogP contribution in [0.2, 0.25) is 5.02 Å². The molecule has 6 nitrogen and oxygen atoms in total. The third kappa shape index (κ3) is 5.27. The Morgan fingerprint density at radius 1 is 1.09 bits per heavy atom. The van der Waals surface area contributed by atoms with Crippen molar-refractivity contribution in [2.24, 2.45) is 0 Å². The van der Waals surface area contributed by atoms with Crippen LogP contribution >= 0.6 is 22.9 Å². The first kappa shape index (κ1) is 23.1. The Kier molecular flexibility index (Phi) is 7.71. The second kappa shape index (κ2) is 10.7. The molecule has 1 fully saturated rings. The SMILES string of the molecule is CCOC(=O)c1c(NC(=O)CN2CCN(c3ccccc3Cl)CC2)sc2c1CCCCC2. The van der Waals surface area contributed by atoms with Crippen LogP contribution in [-0.4, -0.2) is 56.1 Å². The second-order valence-corrected chi connectivity index (χ2v) is 9.76. The summed E-state index contributed by atoms with van der Waals surface area (Å²) in [5.74, 6) is -0.409. The maximum Gasteiger partial charge on any atom is 0.341 e. The number of hydrogen-bond donors (Lipinski definition) is 1. The minimum atomic E-state index is -0.324. The maximum absolute atomic E-state index is 12.9. The molecule has 1 aliphatic carbocycles. The molecule has 0 unspecified atom stereocenters. The molecule has 0 atom stereocenters. The molecule has 0 radical (unpaired) electrons. The summed E-state index contributed by atoms with van der Waals surface area (Å²) >= 11 is 7.87. The molecule has 1 saturated heterocycles. The van der Waals surface area contributed by atoms with Crippen LogP contribution in [0.25, 0.3) is 0 Å². The highest BCUT2D eigenvalue weighted by Gasteiger charge is 2.27. The van der Waals surface area contributed by atoms with Crippen LogP contribution in [0.3, 0.4) is 0 Å². The molecule has 1 aromatic heterocycles. The summed E-state index contributed by atoms with van der Waals surface area (Å²) in [6.07, 6.45) is 5.20. The predicted octanol–water partition coefficient (Wildman–Crippen LogP) is 4.61. The van der Waals surface area contributed by atoms with Crippen LogP contribution in [-0.2, 0) is 22.4 Å². The van der Waals surface area contributed by atoms with Crippen molar-refractivity contribution in [1.82, 2.24) is 4.90 Å². The number of nitrogens with one attached hydrogen (secondary N) is 1. The Hall–Kier alpha value is -2.09. The van der Waals surface area contributed by atoms with Crippen molar-refractivity contribution in [3.05, 3.63) is 45.3 Å². The van der Waals surface area contributed by atoms with Gasteiger partial charge in [-0.25, -0.2) is 4.79 Å². The number of thiophene rings is 1. The lowest BCUT2D eigenvalue weighted by atomic mass is 10.1. The van der Waals surface area contributed by atoms with Crippen molar-refractivity contribution in [1.29, 1.82) is 0 Å². The minimum Gasteiger partial charge on any atom is -0.462 e. The van der Waals surface area contributed by atoms with Crippen LogP contribution in [0.5, 0.6) is 0 Å². The van der Waals surface area contributed by atoms with Crippen LogP contribution in [0, 0.1) is 0 Å². The Morgan fingerprint density at radius 3 is 2.59 bits per heavy atom. The number of carbonyl (C=O) groups is 2. The van der Waals surface area contributed by atoms with Crippen LogP contribution in [0.15, 0.2) is 24.3 Å². The fraction of sp³-hybridized carbons (Fsp3) is 0.500. The first-order chi connectivity index (χ1) is 15.6. The molecule has 1 aromatic carbocycles. The van der Waals surface area contributed by atoms with Crippen LogP contribution in [0.1, 0.15) is 47.0 Å². The summed E-state index contributed by atoms with van der Waals surface area (Å²) in [5, 5.41) is 4.43. The molecule has 32 heavy (non-hydrogen) atoms. The third-order valence-corrected chi connectivity index (χ3v) is 7.61. The Labute approximate surface area is 198 Å². The number of nitrogens with zero attached hydrogens (tertiary/aromatic N) is 2. The predicted molar refractivity (Wildman–Crippen MR) is 130 cm³/mol. The highest BCUT2D eigenvalue weighted by molar-refractivity contribution is 7.17. The van der Waals surface area contributed by atoms with Gasteiger partial charge in [0.1, 0.15) is 5.00 Å². The number of piperazine rings is 1. The summed E-state index contributed by atoms with van der Waals surface area (Å²) in [4.78, 5) is 31.2. The molecule has 1 N–H and O–H groups in total. The van der Waals surface area contributed by atoms with E-state index < -0.39 is 0 Å². The van der Waals surface area contributed by atoms with Crippen LogP contribution < -0.4 is 10.2 Å².